The predicted molar refractivity (Wildman–Crippen MR) is 134 cm³/mol. The van der Waals surface area contributed by atoms with Crippen molar-refractivity contribution in [2.24, 2.45) is 22.7 Å². The van der Waals surface area contributed by atoms with Gasteiger partial charge in [0.15, 0.2) is 5.78 Å². The first-order chi connectivity index (χ1) is 16.7. The van der Waals surface area contributed by atoms with Crippen molar-refractivity contribution in [1.82, 2.24) is 20.3 Å². The van der Waals surface area contributed by atoms with E-state index in [2.05, 4.69) is 36.4 Å². The number of aliphatic hydroxyl groups is 1. The summed E-state index contributed by atoms with van der Waals surface area (Å²) >= 11 is 0. The highest BCUT2D eigenvalue weighted by Crippen LogP contribution is 2.72. The normalized spacial score (nSPS) is 24.4. The molecule has 0 aliphatic heterocycles. The van der Waals surface area contributed by atoms with Crippen molar-refractivity contribution in [3.63, 3.8) is 0 Å². The van der Waals surface area contributed by atoms with E-state index in [4.69, 9.17) is 0 Å². The number of nitrogens with one attached hydrogen (secondary N) is 1. The zero-order valence-corrected chi connectivity index (χ0v) is 22.7. The van der Waals surface area contributed by atoms with Gasteiger partial charge in [-0.3, -0.25) is 9.59 Å². The minimum absolute atomic E-state index is 0.0679. The van der Waals surface area contributed by atoms with E-state index in [-0.39, 0.29) is 35.6 Å². The quantitative estimate of drug-likeness (QED) is 0.484. The zero-order valence-electron chi connectivity index (χ0n) is 22.7. The van der Waals surface area contributed by atoms with E-state index in [0.29, 0.717) is 31.6 Å². The lowest BCUT2D eigenvalue weighted by Crippen LogP contribution is -2.33. The number of alkyl halides is 2. The zero-order chi connectivity index (χ0) is 26.9. The monoisotopic (exact) mass is 510 g/mol. The van der Waals surface area contributed by atoms with Crippen molar-refractivity contribution < 1.29 is 23.5 Å². The van der Waals surface area contributed by atoms with Gasteiger partial charge < -0.3 is 10.4 Å². The summed E-state index contributed by atoms with van der Waals surface area (Å²) in [5.41, 5.74) is 0.0859. The highest BCUT2D eigenvalue weighted by molar-refractivity contribution is 5.80. The average Bonchev–Trinajstić information content (AvgIpc) is 3.49. The Kier molecular flexibility index (Phi) is 8.63. The van der Waals surface area contributed by atoms with E-state index in [1.165, 1.54) is 12.8 Å². The van der Waals surface area contributed by atoms with Gasteiger partial charge in [-0.2, -0.15) is 0 Å². The summed E-state index contributed by atoms with van der Waals surface area (Å²) in [6.45, 7) is 11.4. The number of aliphatic hydroxyl groups excluding tert-OH is 1. The van der Waals surface area contributed by atoms with Crippen molar-refractivity contribution in [3.8, 4) is 0 Å². The molecule has 3 fully saturated rings. The Morgan fingerprint density at radius 2 is 1.86 bits per heavy atom. The molecule has 7 nitrogen and oxygen atoms in total. The van der Waals surface area contributed by atoms with Crippen LogP contribution in [0.4, 0.5) is 8.78 Å². The number of carbonyl (C=O) groups is 2. The summed E-state index contributed by atoms with van der Waals surface area (Å²) in [7, 11) is 0. The number of halogens is 2. The Balaban J connectivity index is 0.000000205. The topological polar surface area (TPSA) is 97.1 Å². The van der Waals surface area contributed by atoms with Gasteiger partial charge in [0.05, 0.1) is 17.7 Å². The van der Waals surface area contributed by atoms with Crippen molar-refractivity contribution in [2.75, 3.05) is 6.54 Å². The summed E-state index contributed by atoms with van der Waals surface area (Å²) < 4.78 is 29.5. The molecular weight excluding hydrogens is 466 g/mol. The molecule has 2 N–H and O–H groups in total. The third kappa shape index (κ3) is 6.14. The van der Waals surface area contributed by atoms with Crippen LogP contribution < -0.4 is 5.32 Å². The molecule has 3 aliphatic rings. The fourth-order valence-corrected chi connectivity index (χ4v) is 5.84. The molecule has 1 aromatic rings. The van der Waals surface area contributed by atoms with Crippen LogP contribution in [0, 0.1) is 22.7 Å². The third-order valence-electron chi connectivity index (χ3n) is 8.20. The maximum Gasteiger partial charge on any atom is 0.259 e. The molecule has 1 aromatic heterocycles. The number of hydrogen-bond acceptors (Lipinski definition) is 5. The highest BCUT2D eigenvalue weighted by atomic mass is 19.3. The van der Waals surface area contributed by atoms with Crippen LogP contribution in [-0.2, 0) is 9.59 Å². The van der Waals surface area contributed by atoms with Crippen molar-refractivity contribution in [2.45, 2.75) is 117 Å². The van der Waals surface area contributed by atoms with Crippen LogP contribution in [0.2, 0.25) is 0 Å². The van der Waals surface area contributed by atoms with Gasteiger partial charge in [0.2, 0.25) is 5.91 Å². The van der Waals surface area contributed by atoms with E-state index >= 15 is 0 Å². The molecule has 3 aliphatic carbocycles. The first-order valence-electron chi connectivity index (χ1n) is 13.5. The maximum atomic E-state index is 13.9. The molecule has 204 valence electrons. The Bertz CT molecular complexity index is 916. The highest BCUT2D eigenvalue weighted by Gasteiger charge is 2.79. The number of carbonyl (C=O) groups excluding carboxylic acids is 2. The minimum atomic E-state index is -2.61. The standard InChI is InChI=1S/C15H25F2NO2.C12H19N3O/c1-3-11(19)8-10(2)13(20)18-9-12-14(15(12,16)17)6-4-5-7-14;1-8(16)11(12(2,3)4)15-7-10(13-14-15)9-5-6-9/h10-12,19H,3-9H2,1-2H3,(H,18,20);7,9,11H,5-6H2,1-4H3. The van der Waals surface area contributed by atoms with Gasteiger partial charge in [-0.25, -0.2) is 13.5 Å². The van der Waals surface area contributed by atoms with Crippen LogP contribution in [0.3, 0.4) is 0 Å². The number of aromatic nitrogens is 3. The largest absolute Gasteiger partial charge is 0.393 e. The number of amides is 1. The van der Waals surface area contributed by atoms with Gasteiger partial charge in [-0.15, -0.1) is 5.10 Å². The van der Waals surface area contributed by atoms with Crippen LogP contribution in [0.5, 0.6) is 0 Å². The molecule has 36 heavy (non-hydrogen) atoms. The molecule has 3 saturated carbocycles. The van der Waals surface area contributed by atoms with Crippen LogP contribution in [-0.4, -0.2) is 50.4 Å². The molecule has 0 bridgehead atoms. The van der Waals surface area contributed by atoms with Crippen LogP contribution in [0.25, 0.3) is 0 Å². The summed E-state index contributed by atoms with van der Waals surface area (Å²) in [6, 6.07) is -0.215. The van der Waals surface area contributed by atoms with Crippen LogP contribution in [0.1, 0.15) is 111 Å². The van der Waals surface area contributed by atoms with Gasteiger partial charge in [0, 0.05) is 30.0 Å². The Labute approximate surface area is 213 Å². The van der Waals surface area contributed by atoms with Crippen LogP contribution >= 0.6 is 0 Å². The predicted octanol–water partition coefficient (Wildman–Crippen LogP) is 5.06. The lowest BCUT2D eigenvalue weighted by Gasteiger charge is -2.28. The summed E-state index contributed by atoms with van der Waals surface area (Å²) in [6.07, 6.45) is 7.76. The fourth-order valence-electron chi connectivity index (χ4n) is 5.84. The maximum absolute atomic E-state index is 13.9. The van der Waals surface area contributed by atoms with E-state index in [0.717, 1.165) is 18.5 Å². The number of ketones is 1. The van der Waals surface area contributed by atoms with Crippen molar-refractivity contribution in [3.05, 3.63) is 11.9 Å². The molecule has 9 heteroatoms. The van der Waals surface area contributed by atoms with Gasteiger partial charge in [-0.1, -0.05) is 52.7 Å². The van der Waals surface area contributed by atoms with Crippen molar-refractivity contribution in [1.29, 1.82) is 0 Å². The third-order valence-corrected chi connectivity index (χ3v) is 8.20. The van der Waals surface area contributed by atoms with E-state index < -0.39 is 23.4 Å². The number of Topliss-reactive ketones (excluding diaryl/α,β-unsaturated/α-hetero) is 1. The van der Waals surface area contributed by atoms with E-state index in [1.54, 1.807) is 18.5 Å². The molecule has 4 rings (SSSR count). The Morgan fingerprint density at radius 1 is 1.25 bits per heavy atom. The second-order valence-electron chi connectivity index (χ2n) is 12.3. The van der Waals surface area contributed by atoms with E-state index in [9.17, 15) is 23.5 Å². The molecule has 0 saturated heterocycles. The smallest absolute Gasteiger partial charge is 0.259 e. The summed E-state index contributed by atoms with van der Waals surface area (Å²) in [5.74, 6) is -3.14. The Hall–Kier alpha value is -1.90. The SMILES string of the molecule is CC(=O)C(n1cc(C2CC2)nn1)C(C)(C)C.CCC(O)CC(C)C(=O)NCC1C(F)(F)C12CCCC2. The average molecular weight is 511 g/mol. The van der Waals surface area contributed by atoms with Gasteiger partial charge in [0.25, 0.3) is 5.92 Å². The lowest BCUT2D eigenvalue weighted by atomic mass is 9.84. The van der Waals surface area contributed by atoms with Gasteiger partial charge >= 0.3 is 0 Å². The second-order valence-corrected chi connectivity index (χ2v) is 12.3. The van der Waals surface area contributed by atoms with Gasteiger partial charge in [0.1, 0.15) is 6.04 Å². The lowest BCUT2D eigenvalue weighted by molar-refractivity contribution is -0.125. The molecule has 1 amide bonds. The molecule has 0 aromatic carbocycles. The molecule has 1 spiro atoms. The minimum Gasteiger partial charge on any atom is -0.393 e. The first-order valence-corrected chi connectivity index (χ1v) is 13.5. The Morgan fingerprint density at radius 3 is 2.36 bits per heavy atom. The van der Waals surface area contributed by atoms with Crippen molar-refractivity contribution >= 4 is 11.7 Å². The number of nitrogens with zero attached hydrogens (tertiary/aromatic N) is 3. The van der Waals surface area contributed by atoms with Gasteiger partial charge in [-0.05, 0) is 50.9 Å². The molecule has 0 radical (unpaired) electrons. The number of hydrogen-bond donors (Lipinski definition) is 2. The second kappa shape index (κ2) is 10.8. The number of rotatable bonds is 9. The molecule has 4 atom stereocenters. The van der Waals surface area contributed by atoms with E-state index in [1.807, 2.05) is 13.1 Å². The molecule has 4 unspecified atom stereocenters. The first kappa shape index (κ1) is 28.7. The molecule has 1 heterocycles. The summed E-state index contributed by atoms with van der Waals surface area (Å²) in [4.78, 5) is 23.6. The molecular formula is C27H44F2N4O3. The van der Waals surface area contributed by atoms with Crippen LogP contribution in [0.15, 0.2) is 6.20 Å². The summed E-state index contributed by atoms with van der Waals surface area (Å²) in [5, 5.41) is 20.4. The fraction of sp³-hybridized carbons (Fsp3) is 0.852.